The molecule has 152 valence electrons. The van der Waals surface area contributed by atoms with Crippen molar-refractivity contribution < 1.29 is 14.3 Å². The minimum Gasteiger partial charge on any atom is -0.493 e. The first-order chi connectivity index (χ1) is 14.1. The molecule has 4 rings (SSSR count). The summed E-state index contributed by atoms with van der Waals surface area (Å²) >= 11 is 0. The van der Waals surface area contributed by atoms with Crippen LogP contribution in [0.15, 0.2) is 47.3 Å². The third kappa shape index (κ3) is 4.04. The van der Waals surface area contributed by atoms with Gasteiger partial charge in [0.05, 0.1) is 19.9 Å². The van der Waals surface area contributed by atoms with Gasteiger partial charge in [-0.25, -0.2) is 4.68 Å². The molecule has 0 saturated heterocycles. The molecule has 1 aromatic carbocycles. The molecule has 0 aliphatic heterocycles. The molecule has 7 nitrogen and oxygen atoms in total. The van der Waals surface area contributed by atoms with Crippen LogP contribution in [0.5, 0.6) is 11.5 Å². The smallest absolute Gasteiger partial charge is 0.267 e. The van der Waals surface area contributed by atoms with Crippen LogP contribution >= 0.6 is 0 Å². The number of carbonyl (C=O) groups is 1. The second kappa shape index (κ2) is 8.11. The average molecular weight is 395 g/mol. The molecule has 2 bridgehead atoms. The fraction of sp³-hybridized carbons (Fsp3) is 0.409. The minimum atomic E-state index is -0.313. The fourth-order valence-corrected chi connectivity index (χ4v) is 4.28. The average Bonchev–Trinajstić information content (AvgIpc) is 3.36. The fourth-order valence-electron chi connectivity index (χ4n) is 4.28. The Labute approximate surface area is 169 Å². The van der Waals surface area contributed by atoms with E-state index in [2.05, 4.69) is 22.6 Å². The van der Waals surface area contributed by atoms with Crippen molar-refractivity contribution in [2.45, 2.75) is 19.4 Å². The van der Waals surface area contributed by atoms with E-state index in [1.54, 1.807) is 32.4 Å². The summed E-state index contributed by atoms with van der Waals surface area (Å²) < 4.78 is 11.8. The maximum absolute atomic E-state index is 12.4. The molecule has 2 aliphatic carbocycles. The molecule has 1 amide bonds. The zero-order chi connectivity index (χ0) is 20.4. The molecule has 7 heteroatoms. The molecule has 0 radical (unpaired) electrons. The summed E-state index contributed by atoms with van der Waals surface area (Å²) in [6, 6.07) is 8.47. The van der Waals surface area contributed by atoms with Crippen molar-refractivity contribution in [2.24, 2.45) is 17.8 Å². The van der Waals surface area contributed by atoms with Crippen molar-refractivity contribution >= 4 is 5.91 Å². The molecule has 0 spiro atoms. The predicted molar refractivity (Wildman–Crippen MR) is 109 cm³/mol. The Morgan fingerprint density at radius 1 is 1.14 bits per heavy atom. The van der Waals surface area contributed by atoms with Crippen LogP contribution in [0.1, 0.15) is 12.8 Å². The third-order valence-electron chi connectivity index (χ3n) is 5.82. The van der Waals surface area contributed by atoms with Crippen LogP contribution in [0, 0.1) is 17.8 Å². The molecule has 2 aliphatic rings. The molecule has 29 heavy (non-hydrogen) atoms. The van der Waals surface area contributed by atoms with Gasteiger partial charge in [-0.2, -0.15) is 5.10 Å². The highest BCUT2D eigenvalue weighted by Crippen LogP contribution is 2.42. The Kier molecular flexibility index (Phi) is 5.38. The van der Waals surface area contributed by atoms with Crippen LogP contribution in [0.25, 0.3) is 11.3 Å². The molecule has 3 atom stereocenters. The summed E-state index contributed by atoms with van der Waals surface area (Å²) in [7, 11) is 3.13. The number of allylic oxidation sites excluding steroid dienone is 2. The standard InChI is InChI=1S/C22H25N3O4/c1-28-19-7-5-16(11-20(19)29-2)18-6-8-22(27)25(24-18)13-21(26)23-12-17-10-14-3-4-15(17)9-14/h3-8,11,14-15,17H,9-10,12-13H2,1-2H3,(H,23,26)/t14-,15-,17+/m1/s1. The van der Waals surface area contributed by atoms with Crippen molar-refractivity contribution in [1.29, 1.82) is 0 Å². The normalized spacial score (nSPS) is 21.9. The van der Waals surface area contributed by atoms with E-state index in [4.69, 9.17) is 9.47 Å². The van der Waals surface area contributed by atoms with Crippen molar-refractivity contribution in [3.63, 3.8) is 0 Å². The summed E-state index contributed by atoms with van der Waals surface area (Å²) in [6.07, 6.45) is 6.89. The highest BCUT2D eigenvalue weighted by Gasteiger charge is 2.35. The number of amides is 1. The van der Waals surface area contributed by atoms with Gasteiger partial charge >= 0.3 is 0 Å². The van der Waals surface area contributed by atoms with Crippen LogP contribution in [0.4, 0.5) is 0 Å². The highest BCUT2D eigenvalue weighted by molar-refractivity contribution is 5.75. The first kappa shape index (κ1) is 19.2. The molecule has 1 fully saturated rings. The number of ether oxygens (including phenoxy) is 2. The summed E-state index contributed by atoms with van der Waals surface area (Å²) in [5.74, 6) is 2.73. The Bertz CT molecular complexity index is 998. The van der Waals surface area contributed by atoms with Gasteiger partial charge < -0.3 is 14.8 Å². The number of nitrogens with one attached hydrogen (secondary N) is 1. The number of hydrogen-bond donors (Lipinski definition) is 1. The Balaban J connectivity index is 1.45. The van der Waals surface area contributed by atoms with Gasteiger partial charge in [0, 0.05) is 18.2 Å². The van der Waals surface area contributed by atoms with E-state index in [0.29, 0.717) is 41.5 Å². The zero-order valence-corrected chi connectivity index (χ0v) is 16.6. The van der Waals surface area contributed by atoms with Gasteiger partial charge in [-0.15, -0.1) is 0 Å². The number of rotatable bonds is 7. The number of nitrogens with zero attached hydrogens (tertiary/aromatic N) is 2. The lowest BCUT2D eigenvalue weighted by molar-refractivity contribution is -0.122. The van der Waals surface area contributed by atoms with Crippen LogP contribution in [0.3, 0.4) is 0 Å². The Morgan fingerprint density at radius 3 is 2.66 bits per heavy atom. The van der Waals surface area contributed by atoms with Crippen molar-refractivity contribution in [1.82, 2.24) is 15.1 Å². The molecular formula is C22H25N3O4. The number of aromatic nitrogens is 2. The molecule has 1 heterocycles. The van der Waals surface area contributed by atoms with Crippen LogP contribution in [-0.2, 0) is 11.3 Å². The number of methoxy groups -OCH3 is 2. The molecule has 1 N–H and O–H groups in total. The maximum atomic E-state index is 12.4. The quantitative estimate of drug-likeness (QED) is 0.727. The van der Waals surface area contributed by atoms with Gasteiger partial charge in [0.15, 0.2) is 11.5 Å². The molecule has 1 aromatic heterocycles. The van der Waals surface area contributed by atoms with Crippen LogP contribution < -0.4 is 20.3 Å². The first-order valence-electron chi connectivity index (χ1n) is 9.83. The monoisotopic (exact) mass is 395 g/mol. The first-order valence-corrected chi connectivity index (χ1v) is 9.83. The van der Waals surface area contributed by atoms with Gasteiger partial charge in [0.25, 0.3) is 5.56 Å². The third-order valence-corrected chi connectivity index (χ3v) is 5.82. The summed E-state index contributed by atoms with van der Waals surface area (Å²) in [4.78, 5) is 24.6. The van der Waals surface area contributed by atoms with E-state index in [-0.39, 0.29) is 18.0 Å². The molecule has 1 saturated carbocycles. The van der Waals surface area contributed by atoms with E-state index >= 15 is 0 Å². The van der Waals surface area contributed by atoms with Crippen molar-refractivity contribution in [3.05, 3.63) is 52.8 Å². The van der Waals surface area contributed by atoms with Gasteiger partial charge in [-0.1, -0.05) is 12.2 Å². The van der Waals surface area contributed by atoms with E-state index < -0.39 is 0 Å². The van der Waals surface area contributed by atoms with Crippen molar-refractivity contribution in [3.8, 4) is 22.8 Å². The van der Waals surface area contributed by atoms with E-state index in [1.807, 2.05) is 6.07 Å². The van der Waals surface area contributed by atoms with Gasteiger partial charge in [0.1, 0.15) is 6.54 Å². The number of fused-ring (bicyclic) bond motifs is 2. The van der Waals surface area contributed by atoms with Gasteiger partial charge in [0.2, 0.25) is 5.91 Å². The SMILES string of the molecule is COc1ccc(-c2ccc(=O)n(CC(=O)NC[C@@H]3C[C@@H]4C=C[C@@H]3C4)n2)cc1OC. The summed E-state index contributed by atoms with van der Waals surface area (Å²) in [5, 5.41) is 7.34. The number of benzene rings is 1. The van der Waals surface area contributed by atoms with Gasteiger partial charge in [-0.3, -0.25) is 9.59 Å². The highest BCUT2D eigenvalue weighted by atomic mass is 16.5. The summed E-state index contributed by atoms with van der Waals surface area (Å²) in [6.45, 7) is 0.547. The maximum Gasteiger partial charge on any atom is 0.267 e. The van der Waals surface area contributed by atoms with Gasteiger partial charge in [-0.05, 0) is 54.9 Å². The lowest BCUT2D eigenvalue weighted by atomic mass is 9.94. The van der Waals surface area contributed by atoms with E-state index in [1.165, 1.54) is 17.2 Å². The minimum absolute atomic E-state index is 0.101. The number of hydrogen-bond acceptors (Lipinski definition) is 5. The molecule has 0 unspecified atom stereocenters. The Morgan fingerprint density at radius 2 is 1.97 bits per heavy atom. The zero-order valence-electron chi connectivity index (χ0n) is 16.6. The number of carbonyl (C=O) groups excluding carboxylic acids is 1. The Hall–Kier alpha value is -3.09. The van der Waals surface area contributed by atoms with Crippen LogP contribution in [-0.4, -0.2) is 36.5 Å². The molecular weight excluding hydrogens is 370 g/mol. The second-order valence-corrected chi connectivity index (χ2v) is 7.63. The second-order valence-electron chi connectivity index (χ2n) is 7.63. The van der Waals surface area contributed by atoms with Crippen LogP contribution in [0.2, 0.25) is 0 Å². The largest absolute Gasteiger partial charge is 0.493 e. The lowest BCUT2D eigenvalue weighted by Crippen LogP contribution is -2.36. The van der Waals surface area contributed by atoms with E-state index in [9.17, 15) is 9.59 Å². The summed E-state index contributed by atoms with van der Waals surface area (Å²) in [5.41, 5.74) is 1.04. The van der Waals surface area contributed by atoms with Crippen molar-refractivity contribution in [2.75, 3.05) is 20.8 Å². The predicted octanol–water partition coefficient (Wildman–Crippen LogP) is 2.26. The topological polar surface area (TPSA) is 82.5 Å². The van der Waals surface area contributed by atoms with E-state index in [0.717, 1.165) is 12.0 Å². The lowest BCUT2D eigenvalue weighted by Gasteiger charge is -2.18. The molecule has 2 aromatic rings.